The van der Waals surface area contributed by atoms with Gasteiger partial charge in [0.1, 0.15) is 22.3 Å². The highest BCUT2D eigenvalue weighted by molar-refractivity contribution is 7.16. The van der Waals surface area contributed by atoms with Crippen molar-refractivity contribution >= 4 is 33.3 Å². The van der Waals surface area contributed by atoms with Gasteiger partial charge in [-0.3, -0.25) is 4.79 Å². The zero-order valence-corrected chi connectivity index (χ0v) is 14.5. The molecule has 0 saturated carbocycles. The lowest BCUT2D eigenvalue weighted by atomic mass is 10.2. The van der Waals surface area contributed by atoms with Gasteiger partial charge in [0.15, 0.2) is 0 Å². The number of aryl methyl sites for hydroxylation is 1. The van der Waals surface area contributed by atoms with E-state index < -0.39 is 0 Å². The van der Waals surface area contributed by atoms with Crippen LogP contribution in [0.5, 0.6) is 0 Å². The van der Waals surface area contributed by atoms with Crippen LogP contribution in [-0.4, -0.2) is 33.4 Å². The van der Waals surface area contributed by atoms with Crippen LogP contribution in [-0.2, 0) is 11.3 Å². The van der Waals surface area contributed by atoms with Crippen molar-refractivity contribution in [1.82, 2.24) is 14.9 Å². The maximum Gasteiger partial charge on any atom is 0.225 e. The van der Waals surface area contributed by atoms with Crippen molar-refractivity contribution in [2.24, 2.45) is 0 Å². The average Bonchev–Trinajstić information content (AvgIpc) is 3.14. The number of rotatable bonds is 4. The highest BCUT2D eigenvalue weighted by atomic mass is 32.1. The lowest BCUT2D eigenvalue weighted by molar-refractivity contribution is -0.128. The molecule has 0 spiro atoms. The number of hydrogen-bond acceptors (Lipinski definition) is 5. The number of anilines is 1. The van der Waals surface area contributed by atoms with Crippen LogP contribution < -0.4 is 5.32 Å². The first-order chi connectivity index (χ1) is 12.1. The van der Waals surface area contributed by atoms with Crippen LogP contribution in [0.15, 0.2) is 35.7 Å². The summed E-state index contributed by atoms with van der Waals surface area (Å²) in [5.74, 6) is 1.26. The molecule has 1 aliphatic rings. The van der Waals surface area contributed by atoms with Crippen LogP contribution in [0.2, 0.25) is 0 Å². The number of nitrogens with zero attached hydrogens (tertiary/aromatic N) is 3. The number of aromatic nitrogens is 2. The van der Waals surface area contributed by atoms with Crippen molar-refractivity contribution in [3.63, 3.8) is 0 Å². The fraction of sp³-hybridized carbons (Fsp3) is 0.278. The molecule has 0 radical (unpaired) electrons. The normalized spacial score (nSPS) is 17.4. The Kier molecular flexibility index (Phi) is 4.09. The third kappa shape index (κ3) is 3.32. The highest BCUT2D eigenvalue weighted by Crippen LogP contribution is 2.27. The molecule has 1 N–H and O–H groups in total. The maximum absolute atomic E-state index is 13.3. The number of hydrogen-bond donors (Lipinski definition) is 1. The molecule has 2 aromatic heterocycles. The largest absolute Gasteiger partial charge is 0.364 e. The second kappa shape index (κ2) is 6.40. The number of amides is 1. The number of thiophene rings is 1. The molecule has 3 aromatic rings. The number of likely N-dealkylation sites (tertiary alicyclic amines) is 1. The molecule has 1 aromatic carbocycles. The monoisotopic (exact) mass is 356 g/mol. The zero-order valence-electron chi connectivity index (χ0n) is 13.7. The van der Waals surface area contributed by atoms with Gasteiger partial charge in [0.05, 0.1) is 11.4 Å². The van der Waals surface area contributed by atoms with E-state index in [-0.39, 0.29) is 17.8 Å². The maximum atomic E-state index is 13.3. The summed E-state index contributed by atoms with van der Waals surface area (Å²) in [6.07, 6.45) is 0.407. The predicted molar refractivity (Wildman–Crippen MR) is 96.0 cm³/mol. The first-order valence-corrected chi connectivity index (χ1v) is 8.97. The molecule has 7 heteroatoms. The topological polar surface area (TPSA) is 58.1 Å². The molecule has 0 aliphatic carbocycles. The van der Waals surface area contributed by atoms with E-state index in [0.717, 1.165) is 21.6 Å². The molecule has 5 nitrogen and oxygen atoms in total. The summed E-state index contributed by atoms with van der Waals surface area (Å²) >= 11 is 1.57. The van der Waals surface area contributed by atoms with Gasteiger partial charge >= 0.3 is 0 Å². The minimum atomic E-state index is -0.282. The standard InChI is InChI=1S/C18H17FN4OS/c1-11-20-17(15-5-6-25-18(15)21-11)22-14-8-16(24)23(10-14)9-12-3-2-4-13(19)7-12/h2-7,14H,8-10H2,1H3,(H,20,21,22)/t14-/m0/s1. The summed E-state index contributed by atoms with van der Waals surface area (Å²) in [6.45, 7) is 2.86. The SMILES string of the molecule is Cc1nc(N[C@H]2CC(=O)N(Cc3cccc(F)c3)C2)c2ccsc2n1. The molecule has 1 fully saturated rings. The van der Waals surface area contributed by atoms with Gasteiger partial charge in [0.25, 0.3) is 0 Å². The Balaban J connectivity index is 1.49. The number of carbonyl (C=O) groups excluding carboxylic acids is 1. The Hall–Kier alpha value is -2.54. The van der Waals surface area contributed by atoms with Crippen molar-refractivity contribution in [2.45, 2.75) is 25.9 Å². The van der Waals surface area contributed by atoms with Gasteiger partial charge in [-0.1, -0.05) is 12.1 Å². The van der Waals surface area contributed by atoms with Crippen LogP contribution in [0.25, 0.3) is 10.2 Å². The molecule has 25 heavy (non-hydrogen) atoms. The molecule has 3 heterocycles. The van der Waals surface area contributed by atoms with Crippen molar-refractivity contribution < 1.29 is 9.18 Å². The molecule has 128 valence electrons. The summed E-state index contributed by atoms with van der Waals surface area (Å²) in [5.41, 5.74) is 0.798. The van der Waals surface area contributed by atoms with Crippen LogP contribution in [0.3, 0.4) is 0 Å². The number of halogens is 1. The van der Waals surface area contributed by atoms with E-state index >= 15 is 0 Å². The molecular weight excluding hydrogens is 339 g/mol. The van der Waals surface area contributed by atoms with E-state index in [0.29, 0.717) is 25.3 Å². The smallest absolute Gasteiger partial charge is 0.225 e. The van der Waals surface area contributed by atoms with Crippen LogP contribution >= 0.6 is 11.3 Å². The first-order valence-electron chi connectivity index (χ1n) is 8.09. The van der Waals surface area contributed by atoms with Gasteiger partial charge in [0, 0.05) is 19.5 Å². The third-order valence-corrected chi connectivity index (χ3v) is 5.06. The van der Waals surface area contributed by atoms with Gasteiger partial charge in [-0.25, -0.2) is 14.4 Å². The average molecular weight is 356 g/mol. The molecule has 0 unspecified atom stereocenters. The number of nitrogens with one attached hydrogen (secondary N) is 1. The molecule has 0 bridgehead atoms. The summed E-state index contributed by atoms with van der Waals surface area (Å²) < 4.78 is 13.3. The number of benzene rings is 1. The zero-order chi connectivity index (χ0) is 17.4. The minimum Gasteiger partial charge on any atom is -0.364 e. The van der Waals surface area contributed by atoms with E-state index in [4.69, 9.17) is 0 Å². The Bertz CT molecular complexity index is 942. The second-order valence-corrected chi connectivity index (χ2v) is 7.10. The Morgan fingerprint density at radius 1 is 1.36 bits per heavy atom. The third-order valence-electron chi connectivity index (χ3n) is 4.25. The quantitative estimate of drug-likeness (QED) is 0.779. The molecule has 4 rings (SSSR count). The van der Waals surface area contributed by atoms with Crippen molar-refractivity contribution in [3.05, 3.63) is 52.9 Å². The molecular formula is C18H17FN4OS. The first kappa shape index (κ1) is 16.0. The number of fused-ring (bicyclic) bond motifs is 1. The summed E-state index contributed by atoms with van der Waals surface area (Å²) in [7, 11) is 0. The Morgan fingerprint density at radius 3 is 3.08 bits per heavy atom. The van der Waals surface area contributed by atoms with E-state index in [1.807, 2.05) is 24.4 Å². The van der Waals surface area contributed by atoms with E-state index in [1.54, 1.807) is 22.3 Å². The molecule has 1 amide bonds. The van der Waals surface area contributed by atoms with Gasteiger partial charge in [-0.05, 0) is 36.1 Å². The minimum absolute atomic E-state index is 0.0153. The second-order valence-electron chi connectivity index (χ2n) is 6.21. The lowest BCUT2D eigenvalue weighted by Gasteiger charge is -2.18. The summed E-state index contributed by atoms with van der Waals surface area (Å²) in [4.78, 5) is 23.9. The number of carbonyl (C=O) groups is 1. The van der Waals surface area contributed by atoms with Crippen LogP contribution in [0, 0.1) is 12.7 Å². The van der Waals surface area contributed by atoms with E-state index in [1.165, 1.54) is 12.1 Å². The molecule has 1 saturated heterocycles. The Morgan fingerprint density at radius 2 is 2.24 bits per heavy atom. The van der Waals surface area contributed by atoms with Crippen molar-refractivity contribution in [3.8, 4) is 0 Å². The fourth-order valence-electron chi connectivity index (χ4n) is 3.14. The lowest BCUT2D eigenvalue weighted by Crippen LogP contribution is -2.27. The van der Waals surface area contributed by atoms with Crippen molar-refractivity contribution in [2.75, 3.05) is 11.9 Å². The van der Waals surface area contributed by atoms with Gasteiger partial charge in [-0.15, -0.1) is 11.3 Å². The summed E-state index contributed by atoms with van der Waals surface area (Å²) in [6, 6.07) is 8.35. The molecule has 1 atom stereocenters. The summed E-state index contributed by atoms with van der Waals surface area (Å²) in [5, 5.41) is 6.35. The van der Waals surface area contributed by atoms with E-state index in [9.17, 15) is 9.18 Å². The van der Waals surface area contributed by atoms with Crippen LogP contribution in [0.1, 0.15) is 17.8 Å². The van der Waals surface area contributed by atoms with Crippen molar-refractivity contribution in [1.29, 1.82) is 0 Å². The Labute approximate surface area is 148 Å². The molecule has 1 aliphatic heterocycles. The van der Waals surface area contributed by atoms with Gasteiger partial charge in [-0.2, -0.15) is 0 Å². The van der Waals surface area contributed by atoms with E-state index in [2.05, 4.69) is 15.3 Å². The van der Waals surface area contributed by atoms with Gasteiger partial charge in [0.2, 0.25) is 5.91 Å². The fourth-order valence-corrected chi connectivity index (χ4v) is 3.95. The van der Waals surface area contributed by atoms with Crippen LogP contribution in [0.4, 0.5) is 10.2 Å². The predicted octanol–water partition coefficient (Wildman–Crippen LogP) is 3.35. The van der Waals surface area contributed by atoms with Gasteiger partial charge < -0.3 is 10.2 Å². The highest BCUT2D eigenvalue weighted by Gasteiger charge is 2.30.